The first-order valence-electron chi connectivity index (χ1n) is 6.88. The Morgan fingerprint density at radius 3 is 2.82 bits per heavy atom. The summed E-state index contributed by atoms with van der Waals surface area (Å²) in [5.41, 5.74) is 9.01. The number of nitrogens with one attached hydrogen (secondary N) is 1. The van der Waals surface area contributed by atoms with Crippen molar-refractivity contribution >= 4 is 28.3 Å². The number of nitrogens with two attached hydrogens (primary N) is 1. The van der Waals surface area contributed by atoms with Gasteiger partial charge in [0.2, 0.25) is 0 Å². The first kappa shape index (κ1) is 14.5. The van der Waals surface area contributed by atoms with Crippen molar-refractivity contribution < 1.29 is 9.47 Å². The monoisotopic (exact) mass is 317 g/mol. The van der Waals surface area contributed by atoms with Crippen LogP contribution in [0, 0.1) is 0 Å². The van der Waals surface area contributed by atoms with Gasteiger partial charge in [0.25, 0.3) is 0 Å². The molecule has 0 saturated heterocycles. The van der Waals surface area contributed by atoms with Crippen LogP contribution in [0.2, 0.25) is 5.02 Å². The van der Waals surface area contributed by atoms with Crippen LogP contribution in [0.15, 0.2) is 30.3 Å². The zero-order valence-electron chi connectivity index (χ0n) is 12.3. The Kier molecular flexibility index (Phi) is 3.81. The highest BCUT2D eigenvalue weighted by Gasteiger charge is 2.14. The van der Waals surface area contributed by atoms with Crippen LogP contribution in [-0.2, 0) is 0 Å². The number of halogens is 1. The number of nitrogens with zero attached hydrogens (tertiary/aromatic N) is 1. The van der Waals surface area contributed by atoms with E-state index in [2.05, 4.69) is 9.97 Å². The molecular weight excluding hydrogens is 302 g/mol. The number of aromatic nitrogens is 2. The second kappa shape index (κ2) is 5.77. The molecule has 2 aromatic carbocycles. The van der Waals surface area contributed by atoms with Gasteiger partial charge in [-0.15, -0.1) is 0 Å². The fourth-order valence-corrected chi connectivity index (χ4v) is 2.57. The molecule has 0 amide bonds. The van der Waals surface area contributed by atoms with E-state index >= 15 is 0 Å². The van der Waals surface area contributed by atoms with Crippen LogP contribution in [0.4, 0.5) is 5.69 Å². The molecule has 0 saturated carbocycles. The average Bonchev–Trinajstić information content (AvgIpc) is 2.92. The number of fused-ring (bicyclic) bond motifs is 1. The van der Waals surface area contributed by atoms with Crippen LogP contribution in [-0.4, -0.2) is 23.7 Å². The Bertz CT molecular complexity index is 830. The van der Waals surface area contributed by atoms with E-state index in [1.807, 2.05) is 31.2 Å². The summed E-state index contributed by atoms with van der Waals surface area (Å²) in [6.45, 7) is 2.41. The summed E-state index contributed by atoms with van der Waals surface area (Å²) in [7, 11) is 1.58. The molecule has 3 aromatic rings. The van der Waals surface area contributed by atoms with Crippen molar-refractivity contribution in [3.05, 3.63) is 35.4 Å². The first-order chi connectivity index (χ1) is 10.6. The van der Waals surface area contributed by atoms with E-state index in [1.165, 1.54) is 0 Å². The maximum atomic E-state index is 6.30. The van der Waals surface area contributed by atoms with Gasteiger partial charge in [0, 0.05) is 11.3 Å². The molecule has 3 N–H and O–H groups in total. The predicted molar refractivity (Wildman–Crippen MR) is 88.7 cm³/mol. The van der Waals surface area contributed by atoms with Gasteiger partial charge in [-0.25, -0.2) is 4.98 Å². The summed E-state index contributed by atoms with van der Waals surface area (Å²) >= 11 is 6.30. The SMILES string of the molecule is CCOc1c(Cl)cc(-c2nc3ccc(N)cc3[nH]2)cc1OC. The number of rotatable bonds is 4. The highest BCUT2D eigenvalue weighted by atomic mass is 35.5. The standard InChI is InChI=1S/C16H16ClN3O2/c1-3-22-15-11(17)6-9(7-14(15)21-2)16-19-12-5-4-10(18)8-13(12)20-16/h4-8H,3,18H2,1-2H3,(H,19,20). The number of anilines is 1. The average molecular weight is 318 g/mol. The van der Waals surface area contributed by atoms with Crippen molar-refractivity contribution in [2.45, 2.75) is 6.92 Å². The van der Waals surface area contributed by atoms with E-state index in [4.69, 9.17) is 26.8 Å². The Morgan fingerprint density at radius 2 is 2.09 bits per heavy atom. The van der Waals surface area contributed by atoms with E-state index in [1.54, 1.807) is 13.2 Å². The summed E-state index contributed by atoms with van der Waals surface area (Å²) in [4.78, 5) is 7.79. The minimum Gasteiger partial charge on any atom is -0.493 e. The Balaban J connectivity index is 2.11. The highest BCUT2D eigenvalue weighted by Crippen LogP contribution is 2.39. The Labute approximate surface area is 133 Å². The van der Waals surface area contributed by atoms with Gasteiger partial charge in [-0.05, 0) is 37.3 Å². The molecule has 0 radical (unpaired) electrons. The highest BCUT2D eigenvalue weighted by molar-refractivity contribution is 6.32. The summed E-state index contributed by atoms with van der Waals surface area (Å²) < 4.78 is 10.9. The number of aromatic amines is 1. The number of imidazole rings is 1. The van der Waals surface area contributed by atoms with Crippen LogP contribution in [0.1, 0.15) is 6.92 Å². The first-order valence-corrected chi connectivity index (χ1v) is 7.26. The molecular formula is C16H16ClN3O2. The van der Waals surface area contributed by atoms with Crippen molar-refractivity contribution in [2.24, 2.45) is 0 Å². The quantitative estimate of drug-likeness (QED) is 0.716. The van der Waals surface area contributed by atoms with Crippen LogP contribution in [0.25, 0.3) is 22.4 Å². The smallest absolute Gasteiger partial charge is 0.179 e. The van der Waals surface area contributed by atoms with E-state index in [9.17, 15) is 0 Å². The van der Waals surface area contributed by atoms with Gasteiger partial charge in [0.15, 0.2) is 11.5 Å². The van der Waals surface area contributed by atoms with Gasteiger partial charge in [-0.1, -0.05) is 11.6 Å². The van der Waals surface area contributed by atoms with Gasteiger partial charge in [-0.3, -0.25) is 0 Å². The maximum absolute atomic E-state index is 6.30. The summed E-state index contributed by atoms with van der Waals surface area (Å²) in [5.74, 6) is 1.81. The minimum atomic E-state index is 0.483. The molecule has 1 heterocycles. The van der Waals surface area contributed by atoms with Crippen molar-refractivity contribution in [1.82, 2.24) is 9.97 Å². The van der Waals surface area contributed by atoms with Gasteiger partial charge in [-0.2, -0.15) is 0 Å². The zero-order chi connectivity index (χ0) is 15.7. The summed E-state index contributed by atoms with van der Waals surface area (Å²) in [5, 5.41) is 0.483. The lowest BCUT2D eigenvalue weighted by atomic mass is 10.2. The van der Waals surface area contributed by atoms with E-state index < -0.39 is 0 Å². The fourth-order valence-electron chi connectivity index (χ4n) is 2.30. The molecule has 0 aliphatic heterocycles. The number of H-pyrrole nitrogens is 1. The third-order valence-corrected chi connectivity index (χ3v) is 3.58. The molecule has 0 aliphatic carbocycles. The second-order valence-corrected chi connectivity index (χ2v) is 5.19. The van der Waals surface area contributed by atoms with Crippen LogP contribution >= 0.6 is 11.6 Å². The normalized spacial score (nSPS) is 10.9. The molecule has 3 rings (SSSR count). The zero-order valence-corrected chi connectivity index (χ0v) is 13.1. The van der Waals surface area contributed by atoms with E-state index in [-0.39, 0.29) is 0 Å². The topological polar surface area (TPSA) is 73.2 Å². The number of hydrogen-bond donors (Lipinski definition) is 2. The van der Waals surface area contributed by atoms with Crippen molar-refractivity contribution in [3.8, 4) is 22.9 Å². The van der Waals surface area contributed by atoms with Gasteiger partial charge >= 0.3 is 0 Å². The van der Waals surface area contributed by atoms with Crippen molar-refractivity contribution in [1.29, 1.82) is 0 Å². The number of methoxy groups -OCH3 is 1. The number of benzene rings is 2. The molecule has 0 aliphatic rings. The lowest BCUT2D eigenvalue weighted by Crippen LogP contribution is -1.97. The van der Waals surface area contributed by atoms with Crippen LogP contribution in [0.3, 0.4) is 0 Å². The van der Waals surface area contributed by atoms with Crippen LogP contribution < -0.4 is 15.2 Å². The Hall–Kier alpha value is -2.40. The van der Waals surface area contributed by atoms with E-state index in [0.29, 0.717) is 34.6 Å². The molecule has 22 heavy (non-hydrogen) atoms. The molecule has 5 nitrogen and oxygen atoms in total. The van der Waals surface area contributed by atoms with Gasteiger partial charge in [0.05, 0.1) is 29.8 Å². The predicted octanol–water partition coefficient (Wildman–Crippen LogP) is 3.87. The Morgan fingerprint density at radius 1 is 1.27 bits per heavy atom. The van der Waals surface area contributed by atoms with Crippen molar-refractivity contribution in [3.63, 3.8) is 0 Å². The number of ether oxygens (including phenoxy) is 2. The molecule has 0 spiro atoms. The molecule has 114 valence electrons. The molecule has 0 fully saturated rings. The molecule has 1 aromatic heterocycles. The lowest BCUT2D eigenvalue weighted by Gasteiger charge is -2.12. The number of hydrogen-bond acceptors (Lipinski definition) is 4. The largest absolute Gasteiger partial charge is 0.493 e. The molecule has 0 unspecified atom stereocenters. The minimum absolute atomic E-state index is 0.483. The number of nitrogen functional groups attached to an aromatic ring is 1. The second-order valence-electron chi connectivity index (χ2n) is 4.78. The van der Waals surface area contributed by atoms with Crippen molar-refractivity contribution in [2.75, 3.05) is 19.5 Å². The van der Waals surface area contributed by atoms with Gasteiger partial charge < -0.3 is 20.2 Å². The fraction of sp³-hybridized carbons (Fsp3) is 0.188. The summed E-state index contributed by atoms with van der Waals surface area (Å²) in [6, 6.07) is 9.18. The molecule has 6 heteroatoms. The summed E-state index contributed by atoms with van der Waals surface area (Å²) in [6.07, 6.45) is 0. The van der Waals surface area contributed by atoms with Crippen LogP contribution in [0.5, 0.6) is 11.5 Å². The third kappa shape index (κ3) is 2.55. The van der Waals surface area contributed by atoms with Gasteiger partial charge in [0.1, 0.15) is 5.82 Å². The molecule has 0 atom stereocenters. The lowest BCUT2D eigenvalue weighted by molar-refractivity contribution is 0.311. The molecule has 0 bridgehead atoms. The third-order valence-electron chi connectivity index (χ3n) is 3.30. The van der Waals surface area contributed by atoms with E-state index in [0.717, 1.165) is 16.6 Å². The maximum Gasteiger partial charge on any atom is 0.179 e.